The SMILES string of the molecule is COc1ccc(NC(=O)C2CC2)cc1.Clc1cnc(C2CC2)nc1Nc1n[nH]c2ccccc12. The highest BCUT2D eigenvalue weighted by atomic mass is 35.5. The Morgan fingerprint density at radius 2 is 1.82 bits per heavy atom. The number of amides is 1. The number of fused-ring (bicyclic) bond motifs is 1. The van der Waals surface area contributed by atoms with Crippen molar-refractivity contribution in [3.8, 4) is 5.75 Å². The molecule has 2 aromatic carbocycles. The van der Waals surface area contributed by atoms with Crippen molar-refractivity contribution in [3.63, 3.8) is 0 Å². The van der Waals surface area contributed by atoms with Gasteiger partial charge in [-0.3, -0.25) is 9.89 Å². The number of anilines is 3. The van der Waals surface area contributed by atoms with Crippen molar-refractivity contribution in [2.45, 2.75) is 31.6 Å². The number of hydrogen-bond donors (Lipinski definition) is 3. The molecule has 0 unspecified atom stereocenters. The number of carbonyl (C=O) groups excluding carboxylic acids is 1. The molecular formula is C25H25ClN6O2. The molecule has 1 amide bonds. The summed E-state index contributed by atoms with van der Waals surface area (Å²) in [6, 6.07) is 15.3. The summed E-state index contributed by atoms with van der Waals surface area (Å²) in [6.07, 6.45) is 6.03. The number of halogens is 1. The van der Waals surface area contributed by atoms with Crippen LogP contribution in [0.15, 0.2) is 54.7 Å². The molecular weight excluding hydrogens is 452 g/mol. The Bertz CT molecular complexity index is 1300. The normalized spacial score (nSPS) is 14.8. The van der Waals surface area contributed by atoms with Crippen LogP contribution in [0.3, 0.4) is 0 Å². The highest BCUT2D eigenvalue weighted by Gasteiger charge is 2.29. The number of aromatic amines is 1. The van der Waals surface area contributed by atoms with Crippen LogP contribution >= 0.6 is 11.6 Å². The molecule has 2 aliphatic rings. The van der Waals surface area contributed by atoms with Gasteiger partial charge in [-0.05, 0) is 62.1 Å². The fraction of sp³-hybridized carbons (Fsp3) is 0.280. The summed E-state index contributed by atoms with van der Waals surface area (Å²) in [5.74, 6) is 3.87. The second-order valence-corrected chi connectivity index (χ2v) is 8.84. The first-order valence-corrected chi connectivity index (χ1v) is 11.7. The Hall–Kier alpha value is -3.65. The summed E-state index contributed by atoms with van der Waals surface area (Å²) >= 11 is 6.16. The lowest BCUT2D eigenvalue weighted by Crippen LogP contribution is -2.12. The lowest BCUT2D eigenvalue weighted by Gasteiger charge is -2.06. The van der Waals surface area contributed by atoms with Gasteiger partial charge in [0, 0.05) is 22.9 Å². The maximum Gasteiger partial charge on any atom is 0.227 e. The van der Waals surface area contributed by atoms with Gasteiger partial charge in [-0.25, -0.2) is 9.97 Å². The van der Waals surface area contributed by atoms with Crippen LogP contribution in [0, 0.1) is 5.92 Å². The third-order valence-corrected chi connectivity index (χ3v) is 5.99. The molecule has 2 heterocycles. The van der Waals surface area contributed by atoms with Crippen molar-refractivity contribution in [3.05, 3.63) is 65.6 Å². The van der Waals surface area contributed by atoms with Crippen LogP contribution in [0.5, 0.6) is 5.75 Å². The Balaban J connectivity index is 0.000000152. The first kappa shape index (κ1) is 22.2. The smallest absolute Gasteiger partial charge is 0.227 e. The highest BCUT2D eigenvalue weighted by Crippen LogP contribution is 2.39. The van der Waals surface area contributed by atoms with Crippen molar-refractivity contribution in [2.24, 2.45) is 5.92 Å². The van der Waals surface area contributed by atoms with E-state index in [0.717, 1.165) is 59.7 Å². The number of carbonyl (C=O) groups is 1. The standard InChI is InChI=1S/C14H12ClN5.C11H13NO2/c15-10-7-16-12(8-5-6-8)17-14(10)18-13-9-3-1-2-4-11(9)19-20-13;1-14-10-6-4-9(5-7-10)12-11(13)8-2-3-8/h1-4,7-8H,5-6H2,(H2,16,17,18,19,20);4-8H,2-3H2,1H3,(H,12,13). The molecule has 8 nitrogen and oxygen atoms in total. The summed E-state index contributed by atoms with van der Waals surface area (Å²) in [7, 11) is 1.62. The van der Waals surface area contributed by atoms with Gasteiger partial charge >= 0.3 is 0 Å². The molecule has 6 rings (SSSR count). The molecule has 0 atom stereocenters. The van der Waals surface area contributed by atoms with Crippen molar-refractivity contribution >= 4 is 45.7 Å². The first-order valence-electron chi connectivity index (χ1n) is 11.3. The lowest BCUT2D eigenvalue weighted by molar-refractivity contribution is -0.117. The van der Waals surface area contributed by atoms with Gasteiger partial charge in [0.1, 0.15) is 16.6 Å². The van der Waals surface area contributed by atoms with E-state index in [1.165, 1.54) is 0 Å². The van der Waals surface area contributed by atoms with Gasteiger partial charge in [0.25, 0.3) is 0 Å². The molecule has 0 radical (unpaired) electrons. The van der Waals surface area contributed by atoms with Crippen molar-refractivity contribution in [2.75, 3.05) is 17.7 Å². The molecule has 3 N–H and O–H groups in total. The number of methoxy groups -OCH3 is 1. The monoisotopic (exact) mass is 476 g/mol. The van der Waals surface area contributed by atoms with Crippen LogP contribution < -0.4 is 15.4 Å². The maximum absolute atomic E-state index is 11.4. The van der Waals surface area contributed by atoms with E-state index in [1.807, 2.05) is 48.5 Å². The number of benzene rings is 2. The number of rotatable bonds is 6. The zero-order valence-corrected chi connectivity index (χ0v) is 19.5. The van der Waals surface area contributed by atoms with E-state index in [1.54, 1.807) is 13.3 Å². The average Bonchev–Trinajstić information content (AvgIpc) is 3.79. The molecule has 0 bridgehead atoms. The summed E-state index contributed by atoms with van der Waals surface area (Å²) in [6.45, 7) is 0. The minimum absolute atomic E-state index is 0.134. The molecule has 2 fully saturated rings. The molecule has 0 aliphatic heterocycles. The minimum atomic E-state index is 0.134. The van der Waals surface area contributed by atoms with Gasteiger partial charge in [0.05, 0.1) is 18.8 Å². The second kappa shape index (κ2) is 9.69. The lowest BCUT2D eigenvalue weighted by atomic mass is 10.2. The summed E-state index contributed by atoms with van der Waals surface area (Å²) in [4.78, 5) is 20.2. The van der Waals surface area contributed by atoms with Crippen LogP contribution in [-0.4, -0.2) is 33.2 Å². The summed E-state index contributed by atoms with van der Waals surface area (Å²) in [5.41, 5.74) is 1.81. The van der Waals surface area contributed by atoms with Crippen LogP contribution in [-0.2, 0) is 4.79 Å². The predicted molar refractivity (Wildman–Crippen MR) is 133 cm³/mol. The van der Waals surface area contributed by atoms with Crippen LogP contribution in [0.4, 0.5) is 17.3 Å². The number of H-pyrrole nitrogens is 1. The predicted octanol–water partition coefficient (Wildman–Crippen LogP) is 5.67. The van der Waals surface area contributed by atoms with Crippen LogP contribution in [0.25, 0.3) is 10.9 Å². The van der Waals surface area contributed by atoms with E-state index in [4.69, 9.17) is 16.3 Å². The molecule has 0 spiro atoms. The third kappa shape index (κ3) is 5.28. The molecule has 2 saturated carbocycles. The number of nitrogens with zero attached hydrogens (tertiary/aromatic N) is 3. The van der Waals surface area contributed by atoms with Gasteiger partial charge in [-0.15, -0.1) is 0 Å². The molecule has 34 heavy (non-hydrogen) atoms. The zero-order valence-electron chi connectivity index (χ0n) is 18.7. The average molecular weight is 477 g/mol. The number of nitrogens with one attached hydrogen (secondary N) is 3. The van der Waals surface area contributed by atoms with E-state index < -0.39 is 0 Å². The van der Waals surface area contributed by atoms with Crippen LogP contribution in [0.2, 0.25) is 5.02 Å². The Kier molecular flexibility index (Phi) is 6.31. The van der Waals surface area contributed by atoms with Crippen LogP contribution in [0.1, 0.15) is 37.4 Å². The quantitative estimate of drug-likeness (QED) is 0.331. The van der Waals surface area contributed by atoms with Gasteiger partial charge in [-0.2, -0.15) is 5.10 Å². The fourth-order valence-electron chi connectivity index (χ4n) is 3.44. The van der Waals surface area contributed by atoms with E-state index in [0.29, 0.717) is 16.8 Å². The number of para-hydroxylation sites is 1. The zero-order chi connectivity index (χ0) is 23.5. The topological polar surface area (TPSA) is 105 Å². The van der Waals surface area contributed by atoms with Gasteiger partial charge in [-0.1, -0.05) is 23.7 Å². The van der Waals surface area contributed by atoms with E-state index in [9.17, 15) is 4.79 Å². The van der Waals surface area contributed by atoms with E-state index >= 15 is 0 Å². The Morgan fingerprint density at radius 3 is 2.53 bits per heavy atom. The number of aromatic nitrogens is 4. The third-order valence-electron chi connectivity index (χ3n) is 5.72. The molecule has 2 aliphatic carbocycles. The Morgan fingerprint density at radius 1 is 1.06 bits per heavy atom. The molecule has 2 aromatic heterocycles. The van der Waals surface area contributed by atoms with Crippen molar-refractivity contribution in [1.29, 1.82) is 0 Å². The minimum Gasteiger partial charge on any atom is -0.497 e. The maximum atomic E-state index is 11.4. The number of hydrogen-bond acceptors (Lipinski definition) is 6. The summed E-state index contributed by atoms with van der Waals surface area (Å²) in [5, 5.41) is 14.8. The van der Waals surface area contributed by atoms with E-state index in [2.05, 4.69) is 30.8 Å². The van der Waals surface area contributed by atoms with Crippen molar-refractivity contribution in [1.82, 2.24) is 20.2 Å². The summed E-state index contributed by atoms with van der Waals surface area (Å²) < 4.78 is 5.02. The number of ether oxygens (including phenoxy) is 1. The fourth-order valence-corrected chi connectivity index (χ4v) is 3.58. The molecule has 9 heteroatoms. The van der Waals surface area contributed by atoms with Crippen molar-refractivity contribution < 1.29 is 9.53 Å². The molecule has 0 saturated heterocycles. The van der Waals surface area contributed by atoms with Gasteiger partial charge in [0.15, 0.2) is 11.6 Å². The first-order chi connectivity index (χ1) is 16.6. The largest absolute Gasteiger partial charge is 0.497 e. The Labute approximate surface area is 202 Å². The molecule has 4 aromatic rings. The van der Waals surface area contributed by atoms with E-state index in [-0.39, 0.29) is 11.8 Å². The van der Waals surface area contributed by atoms with Gasteiger partial charge in [0.2, 0.25) is 5.91 Å². The highest BCUT2D eigenvalue weighted by molar-refractivity contribution is 6.32. The van der Waals surface area contributed by atoms with Gasteiger partial charge < -0.3 is 15.4 Å². The second-order valence-electron chi connectivity index (χ2n) is 8.43. The molecule has 174 valence electrons.